The molecule has 0 bridgehead atoms. The van der Waals surface area contributed by atoms with Crippen molar-refractivity contribution in [1.82, 2.24) is 4.72 Å². The smallest absolute Gasteiger partial charge is 0.227 e. The maximum atomic E-state index is 12.7. The summed E-state index contributed by atoms with van der Waals surface area (Å²) in [7, 11) is -1.00. The average molecular weight is 411 g/mol. The van der Waals surface area contributed by atoms with Gasteiger partial charge in [0.25, 0.3) is 0 Å². The Morgan fingerprint density at radius 1 is 1.11 bits per heavy atom. The molecule has 2 atom stereocenters. The van der Waals surface area contributed by atoms with Gasteiger partial charge in [-0.3, -0.25) is 4.79 Å². The number of carbonyl (C=O) groups is 1. The Kier molecular flexibility index (Phi) is 9.25. The quantitative estimate of drug-likeness (QED) is 0.610. The molecule has 2 N–H and O–H groups in total. The van der Waals surface area contributed by atoms with Crippen LogP contribution in [0.1, 0.15) is 59.8 Å². The van der Waals surface area contributed by atoms with Crippen molar-refractivity contribution in [3.63, 3.8) is 0 Å². The first kappa shape index (κ1) is 22.7. The van der Waals surface area contributed by atoms with Gasteiger partial charge in [-0.25, -0.2) is 8.93 Å². The first-order chi connectivity index (χ1) is 13.5. The molecule has 2 unspecified atom stereocenters. The highest BCUT2D eigenvalue weighted by Crippen LogP contribution is 2.32. The maximum Gasteiger partial charge on any atom is 0.227 e. The van der Waals surface area contributed by atoms with E-state index in [0.717, 1.165) is 37.8 Å². The number of ether oxygens (including phenoxy) is 2. The van der Waals surface area contributed by atoms with Crippen molar-refractivity contribution in [2.45, 2.75) is 71.1 Å². The van der Waals surface area contributed by atoms with Crippen molar-refractivity contribution in [2.75, 3.05) is 18.5 Å². The van der Waals surface area contributed by atoms with E-state index < -0.39 is 11.0 Å². The number of amides is 1. The largest absolute Gasteiger partial charge is 0.490 e. The minimum atomic E-state index is -1.00. The molecule has 0 spiro atoms. The zero-order valence-electron chi connectivity index (χ0n) is 17.5. The molecule has 0 aromatic heterocycles. The summed E-state index contributed by atoms with van der Waals surface area (Å²) in [6.07, 6.45) is 4.23. The molecular weight excluding hydrogens is 376 g/mol. The fourth-order valence-corrected chi connectivity index (χ4v) is 4.38. The lowest BCUT2D eigenvalue weighted by atomic mass is 9.86. The van der Waals surface area contributed by atoms with E-state index >= 15 is 0 Å². The summed E-state index contributed by atoms with van der Waals surface area (Å²) in [6.45, 7) is 8.98. The second kappa shape index (κ2) is 11.4. The first-order valence-corrected chi connectivity index (χ1v) is 11.6. The van der Waals surface area contributed by atoms with Crippen LogP contribution in [0.3, 0.4) is 0 Å². The lowest BCUT2D eigenvalue weighted by Crippen LogP contribution is -2.39. The Bertz CT molecular complexity index is 660. The van der Waals surface area contributed by atoms with Crippen LogP contribution in [0.2, 0.25) is 0 Å². The molecule has 0 heterocycles. The van der Waals surface area contributed by atoms with E-state index in [1.165, 1.54) is 0 Å². The summed E-state index contributed by atoms with van der Waals surface area (Å²) in [6, 6.07) is 5.71. The van der Waals surface area contributed by atoms with Crippen molar-refractivity contribution in [2.24, 2.45) is 5.92 Å². The Morgan fingerprint density at radius 2 is 1.75 bits per heavy atom. The van der Waals surface area contributed by atoms with Gasteiger partial charge in [-0.15, -0.1) is 0 Å². The lowest BCUT2D eigenvalue weighted by molar-refractivity contribution is -0.120. The molecule has 2 rings (SSSR count). The van der Waals surface area contributed by atoms with Gasteiger partial charge in [0.15, 0.2) is 11.5 Å². The van der Waals surface area contributed by atoms with Gasteiger partial charge in [0.05, 0.1) is 24.2 Å². The average Bonchev–Trinajstić information content (AvgIpc) is 2.70. The molecule has 1 amide bonds. The third-order valence-electron chi connectivity index (χ3n) is 5.13. The number of hydrogen-bond acceptors (Lipinski definition) is 4. The highest BCUT2D eigenvalue weighted by Gasteiger charge is 2.27. The van der Waals surface area contributed by atoms with Crippen LogP contribution >= 0.6 is 0 Å². The van der Waals surface area contributed by atoms with Crippen LogP contribution in [0, 0.1) is 5.92 Å². The summed E-state index contributed by atoms with van der Waals surface area (Å²) in [5.41, 5.74) is 0.718. The highest BCUT2D eigenvalue weighted by atomic mass is 32.2. The molecule has 1 aliphatic rings. The summed E-state index contributed by atoms with van der Waals surface area (Å²) < 4.78 is 26.6. The van der Waals surface area contributed by atoms with Gasteiger partial charge in [0, 0.05) is 29.0 Å². The van der Waals surface area contributed by atoms with Crippen LogP contribution in [0.5, 0.6) is 11.5 Å². The standard InChI is InChI=1S/C21H34N2O4S/c1-5-15(4)28(25)23-17-10-8-16(9-11-17)21(24)22-18-12-13-19(26-6-2)20(14-18)27-7-3/h12-17,23H,5-11H2,1-4H3,(H,22,24). The third-order valence-corrected chi connectivity index (χ3v) is 6.76. The van der Waals surface area contributed by atoms with E-state index in [4.69, 9.17) is 9.47 Å². The topological polar surface area (TPSA) is 76.7 Å². The van der Waals surface area contributed by atoms with E-state index in [0.29, 0.717) is 24.7 Å². The van der Waals surface area contributed by atoms with Crippen LogP contribution in [0.15, 0.2) is 18.2 Å². The van der Waals surface area contributed by atoms with E-state index in [1.807, 2.05) is 45.9 Å². The normalized spacial score (nSPS) is 21.6. The molecule has 0 aliphatic heterocycles. The highest BCUT2D eigenvalue weighted by molar-refractivity contribution is 7.83. The van der Waals surface area contributed by atoms with Crippen LogP contribution in [-0.4, -0.2) is 34.6 Å². The van der Waals surface area contributed by atoms with Crippen LogP contribution < -0.4 is 19.5 Å². The molecule has 28 heavy (non-hydrogen) atoms. The number of nitrogens with one attached hydrogen (secondary N) is 2. The molecule has 1 aromatic carbocycles. The SMILES string of the molecule is CCOc1ccc(NC(=O)C2CCC(NS(=O)C(C)CC)CC2)cc1OCC. The lowest BCUT2D eigenvalue weighted by Gasteiger charge is -2.28. The van der Waals surface area contributed by atoms with E-state index in [-0.39, 0.29) is 23.1 Å². The van der Waals surface area contributed by atoms with Crippen molar-refractivity contribution in [3.8, 4) is 11.5 Å². The molecule has 0 radical (unpaired) electrons. The van der Waals surface area contributed by atoms with Gasteiger partial charge < -0.3 is 14.8 Å². The minimum absolute atomic E-state index is 0.0165. The zero-order chi connectivity index (χ0) is 20.5. The van der Waals surface area contributed by atoms with Crippen molar-refractivity contribution in [3.05, 3.63) is 18.2 Å². The number of rotatable bonds is 10. The van der Waals surface area contributed by atoms with Crippen LogP contribution in [0.4, 0.5) is 5.69 Å². The molecule has 1 saturated carbocycles. The van der Waals surface area contributed by atoms with Gasteiger partial charge in [-0.1, -0.05) is 6.92 Å². The summed E-state index contributed by atoms with van der Waals surface area (Å²) in [4.78, 5) is 12.7. The van der Waals surface area contributed by atoms with E-state index in [1.54, 1.807) is 0 Å². The number of benzene rings is 1. The Labute approximate surface area is 171 Å². The molecule has 1 aliphatic carbocycles. The van der Waals surface area contributed by atoms with Gasteiger partial charge in [0.1, 0.15) is 0 Å². The Hall–Kier alpha value is -1.60. The number of anilines is 1. The molecule has 158 valence electrons. The van der Waals surface area contributed by atoms with Crippen molar-refractivity contribution < 1.29 is 18.5 Å². The zero-order valence-corrected chi connectivity index (χ0v) is 18.3. The van der Waals surface area contributed by atoms with Gasteiger partial charge in [-0.05, 0) is 65.0 Å². The van der Waals surface area contributed by atoms with Crippen molar-refractivity contribution >= 4 is 22.6 Å². The number of carbonyl (C=O) groups excluding carboxylic acids is 1. The van der Waals surface area contributed by atoms with Crippen LogP contribution in [-0.2, 0) is 15.8 Å². The Morgan fingerprint density at radius 3 is 2.36 bits per heavy atom. The second-order valence-electron chi connectivity index (χ2n) is 7.20. The predicted octanol–water partition coefficient (Wildman–Crippen LogP) is 4.03. The van der Waals surface area contributed by atoms with Crippen molar-refractivity contribution in [1.29, 1.82) is 0 Å². The summed E-state index contributed by atoms with van der Waals surface area (Å²) >= 11 is 0. The van der Waals surface area contributed by atoms with Gasteiger partial charge in [-0.2, -0.15) is 0 Å². The van der Waals surface area contributed by atoms with E-state index in [9.17, 15) is 9.00 Å². The third kappa shape index (κ3) is 6.48. The van der Waals surface area contributed by atoms with Crippen LogP contribution in [0.25, 0.3) is 0 Å². The van der Waals surface area contributed by atoms with Gasteiger partial charge in [0.2, 0.25) is 5.91 Å². The second-order valence-corrected chi connectivity index (χ2v) is 8.83. The molecule has 1 aromatic rings. The number of hydrogen-bond donors (Lipinski definition) is 2. The fraction of sp³-hybridized carbons (Fsp3) is 0.667. The molecule has 1 fully saturated rings. The van der Waals surface area contributed by atoms with Gasteiger partial charge >= 0.3 is 0 Å². The summed E-state index contributed by atoms with van der Waals surface area (Å²) in [5, 5.41) is 3.16. The molecular formula is C21H34N2O4S. The van der Waals surface area contributed by atoms with E-state index in [2.05, 4.69) is 10.0 Å². The predicted molar refractivity (Wildman–Crippen MR) is 114 cm³/mol. The Balaban J connectivity index is 1.88. The molecule has 6 nitrogen and oxygen atoms in total. The fourth-order valence-electron chi connectivity index (χ4n) is 3.28. The molecule has 0 saturated heterocycles. The summed E-state index contributed by atoms with van der Waals surface area (Å²) in [5.74, 6) is 1.34. The first-order valence-electron chi connectivity index (χ1n) is 10.4. The monoisotopic (exact) mass is 410 g/mol. The minimum Gasteiger partial charge on any atom is -0.490 e. The maximum absolute atomic E-state index is 12.7. The molecule has 7 heteroatoms.